The summed E-state index contributed by atoms with van der Waals surface area (Å²) in [6, 6.07) is 15.2. The summed E-state index contributed by atoms with van der Waals surface area (Å²) < 4.78 is 7.19. The normalized spacial score (nSPS) is 12.3. The van der Waals surface area contributed by atoms with Crippen molar-refractivity contribution < 1.29 is 9.53 Å². The lowest BCUT2D eigenvalue weighted by Gasteiger charge is -2.08. The topological polar surface area (TPSA) is 39.2 Å². The van der Waals surface area contributed by atoms with Crippen LogP contribution in [0.3, 0.4) is 0 Å². The Kier molecular flexibility index (Phi) is 4.45. The maximum Gasteiger partial charge on any atom is 0.175 e. The van der Waals surface area contributed by atoms with Gasteiger partial charge < -0.3 is 4.74 Å². The number of thiazole rings is 1. The maximum absolute atomic E-state index is 12.5. The molecule has 0 radical (unpaired) electrons. The minimum absolute atomic E-state index is 0.104. The standard InChI is InChI=1S/C17H15NO2S2/c1-11(16(19)12-7-9-13(20-2)10-8-12)21-17-18-14-5-3-4-6-15(14)22-17/h3-11H,1-2H3/t11-/m0/s1. The van der Waals surface area contributed by atoms with Crippen LogP contribution in [0.2, 0.25) is 0 Å². The van der Waals surface area contributed by atoms with Gasteiger partial charge in [-0.1, -0.05) is 23.9 Å². The molecule has 2 aromatic carbocycles. The van der Waals surface area contributed by atoms with Crippen molar-refractivity contribution in [3.8, 4) is 5.75 Å². The molecule has 0 bridgehead atoms. The van der Waals surface area contributed by atoms with Gasteiger partial charge in [0.15, 0.2) is 10.1 Å². The third kappa shape index (κ3) is 3.15. The predicted molar refractivity (Wildman–Crippen MR) is 92.3 cm³/mol. The Bertz CT molecular complexity index is 763. The fourth-order valence-electron chi connectivity index (χ4n) is 2.10. The van der Waals surface area contributed by atoms with E-state index in [-0.39, 0.29) is 11.0 Å². The Morgan fingerprint density at radius 2 is 1.91 bits per heavy atom. The minimum Gasteiger partial charge on any atom is -0.497 e. The zero-order valence-corrected chi connectivity index (χ0v) is 13.9. The number of Topliss-reactive ketones (excluding diaryl/α,β-unsaturated/α-hetero) is 1. The number of ketones is 1. The molecule has 1 atom stereocenters. The first-order valence-electron chi connectivity index (χ1n) is 6.88. The summed E-state index contributed by atoms with van der Waals surface area (Å²) in [5, 5.41) is -0.172. The van der Waals surface area contributed by atoms with Gasteiger partial charge in [0.25, 0.3) is 0 Å². The molecule has 0 aliphatic heterocycles. The first-order valence-corrected chi connectivity index (χ1v) is 8.57. The van der Waals surface area contributed by atoms with Crippen molar-refractivity contribution in [3.05, 3.63) is 54.1 Å². The van der Waals surface area contributed by atoms with E-state index in [4.69, 9.17) is 4.74 Å². The van der Waals surface area contributed by atoms with E-state index in [0.717, 1.165) is 20.3 Å². The van der Waals surface area contributed by atoms with Crippen molar-refractivity contribution in [1.29, 1.82) is 0 Å². The number of nitrogens with zero attached hydrogens (tertiary/aromatic N) is 1. The Balaban J connectivity index is 1.74. The van der Waals surface area contributed by atoms with Crippen LogP contribution in [0.25, 0.3) is 10.2 Å². The second kappa shape index (κ2) is 6.50. The number of rotatable bonds is 5. The number of aromatic nitrogens is 1. The highest BCUT2D eigenvalue weighted by Gasteiger charge is 2.18. The molecular weight excluding hydrogens is 314 g/mol. The molecule has 3 aromatic rings. The number of carbonyl (C=O) groups excluding carboxylic acids is 1. The van der Waals surface area contributed by atoms with E-state index in [9.17, 15) is 4.79 Å². The second-order valence-electron chi connectivity index (χ2n) is 4.80. The van der Waals surface area contributed by atoms with Crippen molar-refractivity contribution in [2.75, 3.05) is 7.11 Å². The molecule has 5 heteroatoms. The molecule has 0 amide bonds. The van der Waals surface area contributed by atoms with Crippen LogP contribution < -0.4 is 4.74 Å². The quantitative estimate of drug-likeness (QED) is 0.504. The van der Waals surface area contributed by atoms with Crippen LogP contribution in [0.5, 0.6) is 5.75 Å². The number of thioether (sulfide) groups is 1. The Morgan fingerprint density at radius 1 is 1.18 bits per heavy atom. The molecule has 3 nitrogen and oxygen atoms in total. The van der Waals surface area contributed by atoms with Gasteiger partial charge in [0.05, 0.1) is 22.6 Å². The number of hydrogen-bond donors (Lipinski definition) is 0. The average Bonchev–Trinajstić information content (AvgIpc) is 2.96. The van der Waals surface area contributed by atoms with Gasteiger partial charge in [0.2, 0.25) is 0 Å². The lowest BCUT2D eigenvalue weighted by Crippen LogP contribution is -2.13. The third-order valence-electron chi connectivity index (χ3n) is 3.30. The average molecular weight is 329 g/mol. The zero-order chi connectivity index (χ0) is 15.5. The fourth-order valence-corrected chi connectivity index (χ4v) is 4.38. The molecule has 0 aliphatic carbocycles. The summed E-state index contributed by atoms with van der Waals surface area (Å²) >= 11 is 3.13. The van der Waals surface area contributed by atoms with Crippen LogP contribution in [0.4, 0.5) is 0 Å². The molecule has 1 heterocycles. The van der Waals surface area contributed by atoms with Crippen molar-refractivity contribution in [3.63, 3.8) is 0 Å². The van der Waals surface area contributed by atoms with E-state index >= 15 is 0 Å². The highest BCUT2D eigenvalue weighted by atomic mass is 32.2. The van der Waals surface area contributed by atoms with Gasteiger partial charge in [-0.05, 0) is 43.3 Å². The van der Waals surface area contributed by atoms with Crippen LogP contribution in [-0.4, -0.2) is 23.1 Å². The van der Waals surface area contributed by atoms with Crippen LogP contribution in [-0.2, 0) is 0 Å². The van der Waals surface area contributed by atoms with Crippen molar-refractivity contribution in [2.45, 2.75) is 16.5 Å². The summed E-state index contributed by atoms with van der Waals surface area (Å²) in [5.74, 6) is 0.856. The number of benzene rings is 2. The molecule has 0 unspecified atom stereocenters. The summed E-state index contributed by atoms with van der Waals surface area (Å²) in [4.78, 5) is 17.0. The second-order valence-corrected chi connectivity index (χ2v) is 7.42. The van der Waals surface area contributed by atoms with Crippen LogP contribution in [0, 0.1) is 0 Å². The van der Waals surface area contributed by atoms with E-state index < -0.39 is 0 Å². The number of fused-ring (bicyclic) bond motifs is 1. The lowest BCUT2D eigenvalue weighted by molar-refractivity contribution is 0.0994. The smallest absolute Gasteiger partial charge is 0.175 e. The largest absolute Gasteiger partial charge is 0.497 e. The molecule has 0 spiro atoms. The number of ether oxygens (including phenoxy) is 1. The highest BCUT2D eigenvalue weighted by molar-refractivity contribution is 8.02. The number of para-hydroxylation sites is 1. The third-order valence-corrected chi connectivity index (χ3v) is 5.53. The predicted octanol–water partition coefficient (Wildman–Crippen LogP) is 4.67. The monoisotopic (exact) mass is 329 g/mol. The Labute approximate surface area is 137 Å². The molecule has 112 valence electrons. The van der Waals surface area contributed by atoms with Gasteiger partial charge in [0.1, 0.15) is 5.75 Å². The fraction of sp³-hybridized carbons (Fsp3) is 0.176. The Hall–Kier alpha value is -1.85. The van der Waals surface area contributed by atoms with Crippen LogP contribution >= 0.6 is 23.1 Å². The number of methoxy groups -OCH3 is 1. The molecule has 0 saturated carbocycles. The summed E-state index contributed by atoms with van der Waals surface area (Å²) in [6.07, 6.45) is 0. The van der Waals surface area contributed by atoms with Gasteiger partial charge in [-0.2, -0.15) is 0 Å². The first kappa shape index (κ1) is 15.1. The molecule has 22 heavy (non-hydrogen) atoms. The van der Waals surface area contributed by atoms with Crippen LogP contribution in [0.1, 0.15) is 17.3 Å². The van der Waals surface area contributed by atoms with Crippen LogP contribution in [0.15, 0.2) is 52.9 Å². The van der Waals surface area contributed by atoms with E-state index in [1.165, 1.54) is 11.8 Å². The maximum atomic E-state index is 12.5. The van der Waals surface area contributed by atoms with Crippen molar-refractivity contribution in [2.24, 2.45) is 0 Å². The van der Waals surface area contributed by atoms with E-state index in [1.807, 2.05) is 43.3 Å². The molecule has 3 rings (SSSR count). The van der Waals surface area contributed by atoms with Gasteiger partial charge in [-0.15, -0.1) is 11.3 Å². The zero-order valence-electron chi connectivity index (χ0n) is 12.3. The first-order chi connectivity index (χ1) is 10.7. The van der Waals surface area contributed by atoms with Gasteiger partial charge in [-0.25, -0.2) is 4.98 Å². The van der Waals surface area contributed by atoms with Gasteiger partial charge in [0, 0.05) is 5.56 Å². The summed E-state index contributed by atoms with van der Waals surface area (Å²) in [5.41, 5.74) is 1.68. The van der Waals surface area contributed by atoms with Gasteiger partial charge >= 0.3 is 0 Å². The number of carbonyl (C=O) groups is 1. The van der Waals surface area contributed by atoms with E-state index in [1.54, 1.807) is 30.6 Å². The minimum atomic E-state index is -0.172. The molecular formula is C17H15NO2S2. The molecule has 0 aliphatic rings. The van der Waals surface area contributed by atoms with Gasteiger partial charge in [-0.3, -0.25) is 4.79 Å². The van der Waals surface area contributed by atoms with Crippen molar-refractivity contribution >= 4 is 39.1 Å². The molecule has 1 aromatic heterocycles. The van der Waals surface area contributed by atoms with E-state index in [2.05, 4.69) is 4.98 Å². The van der Waals surface area contributed by atoms with Crippen molar-refractivity contribution in [1.82, 2.24) is 4.98 Å². The lowest BCUT2D eigenvalue weighted by atomic mass is 10.1. The SMILES string of the molecule is COc1ccc(C(=O)[C@H](C)Sc2nc3ccccc3s2)cc1. The summed E-state index contributed by atoms with van der Waals surface area (Å²) in [6.45, 7) is 1.92. The van der Waals surface area contributed by atoms with E-state index in [0.29, 0.717) is 5.56 Å². The summed E-state index contributed by atoms with van der Waals surface area (Å²) in [7, 11) is 1.61. The Morgan fingerprint density at radius 3 is 2.59 bits per heavy atom. The molecule has 0 N–H and O–H groups in total. The highest BCUT2D eigenvalue weighted by Crippen LogP contribution is 2.33. The number of hydrogen-bond acceptors (Lipinski definition) is 5. The molecule has 0 saturated heterocycles. The molecule has 0 fully saturated rings.